The van der Waals surface area contributed by atoms with E-state index in [-0.39, 0.29) is 5.75 Å². The van der Waals surface area contributed by atoms with Gasteiger partial charge < -0.3 is 5.11 Å². The molecule has 2 aromatic carbocycles. The molecular weight excluding hydrogens is 259 g/mol. The van der Waals surface area contributed by atoms with E-state index in [1.165, 1.54) is 30.5 Å². The summed E-state index contributed by atoms with van der Waals surface area (Å²) in [6, 6.07) is 10.2. The van der Waals surface area contributed by atoms with Crippen molar-refractivity contribution in [3.8, 4) is 5.75 Å². The van der Waals surface area contributed by atoms with Gasteiger partial charge in [-0.15, -0.1) is 0 Å². The molecule has 0 aliphatic heterocycles. The summed E-state index contributed by atoms with van der Waals surface area (Å²) in [6.45, 7) is 1.88. The number of rotatable bonds is 3. The van der Waals surface area contributed by atoms with E-state index in [1.807, 2.05) is 6.92 Å². The van der Waals surface area contributed by atoms with Crippen molar-refractivity contribution in [3.63, 3.8) is 0 Å². The van der Waals surface area contributed by atoms with Crippen molar-refractivity contribution in [2.24, 2.45) is 5.10 Å². The number of amides is 1. The van der Waals surface area contributed by atoms with Crippen LogP contribution in [0.15, 0.2) is 47.6 Å². The fourth-order valence-electron chi connectivity index (χ4n) is 1.60. The Morgan fingerprint density at radius 3 is 2.65 bits per heavy atom. The lowest BCUT2D eigenvalue weighted by atomic mass is 10.1. The number of nitrogens with one attached hydrogen (secondary N) is 1. The van der Waals surface area contributed by atoms with Crippen molar-refractivity contribution in [3.05, 3.63) is 65.0 Å². The van der Waals surface area contributed by atoms with Gasteiger partial charge in [-0.05, 0) is 43.3 Å². The second-order valence-electron chi connectivity index (χ2n) is 4.27. The third-order valence-corrected chi connectivity index (χ3v) is 2.66. The number of hydrogen-bond acceptors (Lipinski definition) is 3. The molecule has 5 heteroatoms. The molecule has 1 amide bonds. The number of hydrogen-bond donors (Lipinski definition) is 2. The largest absolute Gasteiger partial charge is 0.507 e. The summed E-state index contributed by atoms with van der Waals surface area (Å²) in [5.41, 5.74) is 4.08. The van der Waals surface area contributed by atoms with E-state index in [0.717, 1.165) is 5.56 Å². The fourth-order valence-corrected chi connectivity index (χ4v) is 1.60. The van der Waals surface area contributed by atoms with Crippen LogP contribution >= 0.6 is 0 Å². The maximum Gasteiger partial charge on any atom is 0.271 e. The number of aryl methyl sites for hydroxylation is 1. The third-order valence-electron chi connectivity index (χ3n) is 2.66. The zero-order valence-corrected chi connectivity index (χ0v) is 10.8. The molecule has 0 aliphatic carbocycles. The first-order valence-corrected chi connectivity index (χ1v) is 5.95. The molecule has 0 heterocycles. The van der Waals surface area contributed by atoms with Crippen LogP contribution in [0, 0.1) is 12.7 Å². The fraction of sp³-hybridized carbons (Fsp3) is 0.0667. The van der Waals surface area contributed by atoms with E-state index < -0.39 is 11.7 Å². The van der Waals surface area contributed by atoms with Crippen molar-refractivity contribution < 1.29 is 14.3 Å². The number of aromatic hydroxyl groups is 1. The monoisotopic (exact) mass is 272 g/mol. The van der Waals surface area contributed by atoms with Gasteiger partial charge in [0.25, 0.3) is 5.91 Å². The Bertz CT molecular complexity index is 651. The summed E-state index contributed by atoms with van der Waals surface area (Å²) < 4.78 is 12.7. The highest BCUT2D eigenvalue weighted by Gasteiger charge is 2.04. The highest BCUT2D eigenvalue weighted by atomic mass is 19.1. The Hall–Kier alpha value is -2.69. The molecule has 0 aromatic heterocycles. The molecule has 0 unspecified atom stereocenters. The number of hydrazone groups is 1. The molecule has 0 fully saturated rings. The molecule has 2 aromatic rings. The standard InChI is InChI=1S/C15H13FN2O2/c1-10-2-7-14(19)12(8-10)9-17-18-15(20)11-3-5-13(16)6-4-11/h2-9,19H,1H3,(H,18,20)/b17-9-. The molecule has 0 radical (unpaired) electrons. The van der Waals surface area contributed by atoms with Gasteiger partial charge in [0.05, 0.1) is 6.21 Å². The van der Waals surface area contributed by atoms with Gasteiger partial charge in [0.1, 0.15) is 11.6 Å². The molecule has 0 bridgehead atoms. The first-order valence-electron chi connectivity index (χ1n) is 5.95. The second-order valence-corrected chi connectivity index (χ2v) is 4.27. The van der Waals surface area contributed by atoms with E-state index in [1.54, 1.807) is 18.2 Å². The van der Waals surface area contributed by atoms with Crippen LogP contribution in [-0.4, -0.2) is 17.2 Å². The van der Waals surface area contributed by atoms with Crippen LogP contribution in [-0.2, 0) is 0 Å². The first-order chi connectivity index (χ1) is 9.56. The maximum atomic E-state index is 12.7. The Labute approximate surface area is 115 Å². The number of phenols is 1. The van der Waals surface area contributed by atoms with Crippen molar-refractivity contribution >= 4 is 12.1 Å². The summed E-state index contributed by atoms with van der Waals surface area (Å²) in [7, 11) is 0. The third kappa shape index (κ3) is 3.41. The molecule has 0 saturated carbocycles. The van der Waals surface area contributed by atoms with Crippen LogP contribution in [0.4, 0.5) is 4.39 Å². The quantitative estimate of drug-likeness (QED) is 0.666. The van der Waals surface area contributed by atoms with E-state index in [0.29, 0.717) is 11.1 Å². The number of halogens is 1. The lowest BCUT2D eigenvalue weighted by molar-refractivity contribution is 0.0955. The van der Waals surface area contributed by atoms with Crippen molar-refractivity contribution in [2.45, 2.75) is 6.92 Å². The Kier molecular flexibility index (Phi) is 4.10. The number of phenolic OH excluding ortho intramolecular Hbond substituents is 1. The molecule has 0 saturated heterocycles. The zero-order chi connectivity index (χ0) is 14.5. The molecular formula is C15H13FN2O2. The van der Waals surface area contributed by atoms with Crippen LogP contribution in [0.3, 0.4) is 0 Å². The molecule has 20 heavy (non-hydrogen) atoms. The number of carbonyl (C=O) groups excluding carboxylic acids is 1. The highest BCUT2D eigenvalue weighted by molar-refractivity contribution is 5.95. The van der Waals surface area contributed by atoms with Crippen LogP contribution in [0.5, 0.6) is 5.75 Å². The minimum absolute atomic E-state index is 0.0791. The van der Waals surface area contributed by atoms with Crippen LogP contribution in [0.25, 0.3) is 0 Å². The van der Waals surface area contributed by atoms with E-state index >= 15 is 0 Å². The summed E-state index contributed by atoms with van der Waals surface area (Å²) in [5, 5.41) is 13.4. The van der Waals surface area contributed by atoms with Crippen molar-refractivity contribution in [1.29, 1.82) is 0 Å². The average Bonchev–Trinajstić information content (AvgIpc) is 2.43. The predicted molar refractivity (Wildman–Crippen MR) is 74.3 cm³/mol. The smallest absolute Gasteiger partial charge is 0.271 e. The Morgan fingerprint density at radius 2 is 1.95 bits per heavy atom. The molecule has 0 atom stereocenters. The lowest BCUT2D eigenvalue weighted by Crippen LogP contribution is -2.17. The van der Waals surface area contributed by atoms with E-state index in [4.69, 9.17) is 0 Å². The van der Waals surface area contributed by atoms with Gasteiger partial charge in [0.15, 0.2) is 0 Å². The topological polar surface area (TPSA) is 61.7 Å². The van der Waals surface area contributed by atoms with Gasteiger partial charge >= 0.3 is 0 Å². The predicted octanol–water partition coefficient (Wildman–Crippen LogP) is 2.60. The van der Waals surface area contributed by atoms with Gasteiger partial charge in [-0.2, -0.15) is 5.10 Å². The van der Waals surface area contributed by atoms with Crippen LogP contribution in [0.2, 0.25) is 0 Å². The highest BCUT2D eigenvalue weighted by Crippen LogP contribution is 2.15. The summed E-state index contributed by atoms with van der Waals surface area (Å²) in [6.07, 6.45) is 1.35. The minimum Gasteiger partial charge on any atom is -0.507 e. The summed E-state index contributed by atoms with van der Waals surface area (Å²) in [4.78, 5) is 11.7. The molecule has 2 rings (SSSR count). The second kappa shape index (κ2) is 5.97. The lowest BCUT2D eigenvalue weighted by Gasteiger charge is -2.01. The van der Waals surface area contributed by atoms with Gasteiger partial charge in [0, 0.05) is 11.1 Å². The van der Waals surface area contributed by atoms with E-state index in [9.17, 15) is 14.3 Å². The molecule has 4 nitrogen and oxygen atoms in total. The number of benzene rings is 2. The average molecular weight is 272 g/mol. The van der Waals surface area contributed by atoms with Gasteiger partial charge in [-0.3, -0.25) is 4.79 Å². The van der Waals surface area contributed by atoms with Crippen LogP contribution in [0.1, 0.15) is 21.5 Å². The van der Waals surface area contributed by atoms with Gasteiger partial charge in [0.2, 0.25) is 0 Å². The summed E-state index contributed by atoms with van der Waals surface area (Å²) >= 11 is 0. The molecule has 0 spiro atoms. The number of carbonyl (C=O) groups is 1. The van der Waals surface area contributed by atoms with Crippen molar-refractivity contribution in [2.75, 3.05) is 0 Å². The Morgan fingerprint density at radius 1 is 1.25 bits per heavy atom. The van der Waals surface area contributed by atoms with E-state index in [2.05, 4.69) is 10.5 Å². The molecule has 2 N–H and O–H groups in total. The first kappa shape index (κ1) is 13.7. The molecule has 0 aliphatic rings. The zero-order valence-electron chi connectivity index (χ0n) is 10.8. The van der Waals surface area contributed by atoms with Gasteiger partial charge in [-0.1, -0.05) is 11.6 Å². The Balaban J connectivity index is 2.04. The number of nitrogens with zero attached hydrogens (tertiary/aromatic N) is 1. The minimum atomic E-state index is -0.451. The summed E-state index contributed by atoms with van der Waals surface area (Å²) in [5.74, 6) is -0.779. The molecule has 102 valence electrons. The SMILES string of the molecule is Cc1ccc(O)c(/C=N\NC(=O)c2ccc(F)cc2)c1. The normalized spacial score (nSPS) is 10.7. The maximum absolute atomic E-state index is 12.7. The van der Waals surface area contributed by atoms with Crippen molar-refractivity contribution in [1.82, 2.24) is 5.43 Å². The van der Waals surface area contributed by atoms with Crippen LogP contribution < -0.4 is 5.43 Å². The van der Waals surface area contributed by atoms with Gasteiger partial charge in [-0.25, -0.2) is 9.82 Å².